The molecule has 1 aromatic rings. The summed E-state index contributed by atoms with van der Waals surface area (Å²) in [5.74, 6) is 0.463. The molecule has 1 aliphatic carbocycles. The van der Waals surface area contributed by atoms with Gasteiger partial charge in [-0.05, 0) is 25.2 Å². The zero-order valence-corrected chi connectivity index (χ0v) is 12.4. The highest BCUT2D eigenvalue weighted by molar-refractivity contribution is 5.70. The van der Waals surface area contributed by atoms with Gasteiger partial charge in [0, 0.05) is 12.6 Å². The van der Waals surface area contributed by atoms with E-state index in [4.69, 9.17) is 4.74 Å². The van der Waals surface area contributed by atoms with E-state index >= 15 is 0 Å². The number of anilines is 1. The molecule has 0 aromatic carbocycles. The number of nitrogens with one attached hydrogen (secondary N) is 1. The smallest absolute Gasteiger partial charge is 0.306 e. The Balaban J connectivity index is 1.90. The maximum Gasteiger partial charge on any atom is 0.306 e. The molecule has 6 nitrogen and oxygen atoms in total. The molecule has 0 spiro atoms. The maximum atomic E-state index is 11.3. The number of aromatic nitrogens is 2. The lowest BCUT2D eigenvalue weighted by Gasteiger charge is -2.28. The van der Waals surface area contributed by atoms with Gasteiger partial charge in [-0.25, -0.2) is 9.97 Å². The van der Waals surface area contributed by atoms with Crippen LogP contribution in [0, 0.1) is 11.8 Å². The van der Waals surface area contributed by atoms with Gasteiger partial charge in [-0.1, -0.05) is 19.8 Å². The lowest BCUT2D eigenvalue weighted by atomic mass is 9.79. The highest BCUT2D eigenvalue weighted by Crippen LogP contribution is 2.30. The number of rotatable bonds is 7. The third-order valence-corrected chi connectivity index (χ3v) is 3.87. The van der Waals surface area contributed by atoms with E-state index in [0.29, 0.717) is 24.8 Å². The fourth-order valence-electron chi connectivity index (χ4n) is 2.73. The summed E-state index contributed by atoms with van der Waals surface area (Å²) in [6.45, 7) is 3.29. The first kappa shape index (κ1) is 15.5. The number of carboxylic acid groups (broad SMARTS) is 1. The molecular weight excluding hydrogens is 270 g/mol. The van der Waals surface area contributed by atoms with Gasteiger partial charge < -0.3 is 15.2 Å². The van der Waals surface area contributed by atoms with Gasteiger partial charge in [0.2, 0.25) is 5.88 Å². The van der Waals surface area contributed by atoms with Gasteiger partial charge in [-0.2, -0.15) is 0 Å². The van der Waals surface area contributed by atoms with Crippen LogP contribution in [0.2, 0.25) is 0 Å². The fraction of sp³-hybridized carbons (Fsp3) is 0.667. The number of aliphatic carboxylic acids is 1. The summed E-state index contributed by atoms with van der Waals surface area (Å²) in [4.78, 5) is 19.5. The summed E-state index contributed by atoms with van der Waals surface area (Å²) < 4.78 is 5.46. The minimum absolute atomic E-state index is 0.159. The van der Waals surface area contributed by atoms with Crippen molar-refractivity contribution in [1.29, 1.82) is 0 Å². The third kappa shape index (κ3) is 4.58. The van der Waals surface area contributed by atoms with Crippen LogP contribution in [-0.2, 0) is 4.79 Å². The molecule has 2 rings (SSSR count). The van der Waals surface area contributed by atoms with Crippen molar-refractivity contribution < 1.29 is 14.6 Å². The first-order valence-corrected chi connectivity index (χ1v) is 7.62. The molecule has 1 saturated carbocycles. The number of hydrogen-bond donors (Lipinski definition) is 2. The Morgan fingerprint density at radius 1 is 1.43 bits per heavy atom. The molecular formula is C15H23N3O3. The molecule has 6 heteroatoms. The van der Waals surface area contributed by atoms with Crippen LogP contribution in [0.3, 0.4) is 0 Å². The summed E-state index contributed by atoms with van der Waals surface area (Å²) in [5.41, 5.74) is 0. The van der Waals surface area contributed by atoms with Gasteiger partial charge >= 0.3 is 5.97 Å². The van der Waals surface area contributed by atoms with Crippen LogP contribution in [0.4, 0.5) is 5.82 Å². The van der Waals surface area contributed by atoms with Crippen LogP contribution in [0.25, 0.3) is 0 Å². The van der Waals surface area contributed by atoms with Gasteiger partial charge in [0.1, 0.15) is 12.1 Å². The summed E-state index contributed by atoms with van der Waals surface area (Å²) in [5, 5.41) is 12.5. The highest BCUT2D eigenvalue weighted by atomic mass is 16.5. The standard InChI is InChI=1S/C15H23N3O3/c1-2-7-21-14-8-13(17-10-18-14)16-9-11-5-3-4-6-12(11)15(19)20/h8,10-12H,2-7,9H2,1H3,(H,19,20)(H,16,17,18). The SMILES string of the molecule is CCCOc1cc(NCC2CCCCC2C(=O)O)ncn1. The number of carboxylic acids is 1. The molecule has 2 unspecified atom stereocenters. The van der Waals surface area contributed by atoms with Gasteiger partial charge in [0.25, 0.3) is 0 Å². The average molecular weight is 293 g/mol. The molecule has 0 aliphatic heterocycles. The lowest BCUT2D eigenvalue weighted by molar-refractivity contribution is -0.144. The Hall–Kier alpha value is -1.85. The van der Waals surface area contributed by atoms with Gasteiger partial charge in [-0.3, -0.25) is 4.79 Å². The highest BCUT2D eigenvalue weighted by Gasteiger charge is 2.30. The van der Waals surface area contributed by atoms with Gasteiger partial charge in [0.15, 0.2) is 0 Å². The van der Waals surface area contributed by atoms with Gasteiger partial charge in [-0.15, -0.1) is 0 Å². The maximum absolute atomic E-state index is 11.3. The van der Waals surface area contributed by atoms with Gasteiger partial charge in [0.05, 0.1) is 12.5 Å². The van der Waals surface area contributed by atoms with Crippen molar-refractivity contribution in [2.24, 2.45) is 11.8 Å². The predicted octanol–water partition coefficient (Wildman–Crippen LogP) is 2.57. The minimum atomic E-state index is -0.684. The quantitative estimate of drug-likeness (QED) is 0.803. The third-order valence-electron chi connectivity index (χ3n) is 3.87. The monoisotopic (exact) mass is 293 g/mol. The van der Waals surface area contributed by atoms with Crippen molar-refractivity contribution >= 4 is 11.8 Å². The van der Waals surface area contributed by atoms with Crippen LogP contribution >= 0.6 is 0 Å². The first-order valence-electron chi connectivity index (χ1n) is 7.62. The summed E-state index contributed by atoms with van der Waals surface area (Å²) >= 11 is 0. The molecule has 1 aromatic heterocycles. The van der Waals surface area contributed by atoms with E-state index in [9.17, 15) is 9.90 Å². The molecule has 2 atom stereocenters. The van der Waals surface area contributed by atoms with E-state index in [1.807, 2.05) is 6.92 Å². The van der Waals surface area contributed by atoms with E-state index in [-0.39, 0.29) is 11.8 Å². The average Bonchev–Trinajstić information content (AvgIpc) is 2.51. The molecule has 21 heavy (non-hydrogen) atoms. The molecule has 116 valence electrons. The largest absolute Gasteiger partial charge is 0.481 e. The van der Waals surface area contributed by atoms with Crippen LogP contribution in [0.5, 0.6) is 5.88 Å². The normalized spacial score (nSPS) is 21.8. The molecule has 0 saturated heterocycles. The van der Waals surface area contributed by atoms with E-state index in [1.54, 1.807) is 6.07 Å². The second-order valence-corrected chi connectivity index (χ2v) is 5.46. The van der Waals surface area contributed by atoms with E-state index in [0.717, 1.165) is 32.1 Å². The van der Waals surface area contributed by atoms with E-state index < -0.39 is 5.97 Å². The Morgan fingerprint density at radius 2 is 2.24 bits per heavy atom. The second-order valence-electron chi connectivity index (χ2n) is 5.46. The lowest BCUT2D eigenvalue weighted by Crippen LogP contribution is -2.31. The van der Waals surface area contributed by atoms with Crippen molar-refractivity contribution in [2.75, 3.05) is 18.5 Å². The summed E-state index contributed by atoms with van der Waals surface area (Å²) in [6.07, 6.45) is 6.23. The van der Waals surface area contributed by atoms with E-state index in [2.05, 4.69) is 15.3 Å². The van der Waals surface area contributed by atoms with E-state index in [1.165, 1.54) is 6.33 Å². The predicted molar refractivity (Wildman–Crippen MR) is 79.4 cm³/mol. The topological polar surface area (TPSA) is 84.3 Å². The minimum Gasteiger partial charge on any atom is -0.481 e. The zero-order valence-electron chi connectivity index (χ0n) is 12.4. The number of carbonyl (C=O) groups is 1. The molecule has 1 aliphatic rings. The summed E-state index contributed by atoms with van der Waals surface area (Å²) in [6, 6.07) is 1.76. The number of nitrogens with zero attached hydrogens (tertiary/aromatic N) is 2. The van der Waals surface area contributed by atoms with Crippen molar-refractivity contribution in [3.05, 3.63) is 12.4 Å². The van der Waals surface area contributed by atoms with Crippen LogP contribution in [0.15, 0.2) is 12.4 Å². The summed E-state index contributed by atoms with van der Waals surface area (Å²) in [7, 11) is 0. The molecule has 0 amide bonds. The van der Waals surface area contributed by atoms with Crippen LogP contribution in [0.1, 0.15) is 39.0 Å². The molecule has 1 fully saturated rings. The van der Waals surface area contributed by atoms with Crippen LogP contribution < -0.4 is 10.1 Å². The first-order chi connectivity index (χ1) is 10.2. The Morgan fingerprint density at radius 3 is 3.00 bits per heavy atom. The molecule has 0 bridgehead atoms. The zero-order chi connectivity index (χ0) is 15.1. The fourth-order valence-corrected chi connectivity index (χ4v) is 2.73. The Bertz CT molecular complexity index is 467. The second kappa shape index (κ2) is 7.81. The number of hydrogen-bond acceptors (Lipinski definition) is 5. The van der Waals surface area contributed by atoms with Crippen molar-refractivity contribution in [2.45, 2.75) is 39.0 Å². The van der Waals surface area contributed by atoms with Crippen molar-refractivity contribution in [3.8, 4) is 5.88 Å². The Labute approximate surface area is 124 Å². The van der Waals surface area contributed by atoms with Crippen LogP contribution in [-0.4, -0.2) is 34.2 Å². The molecule has 0 radical (unpaired) electrons. The Kier molecular flexibility index (Phi) is 5.78. The van der Waals surface area contributed by atoms with Crippen molar-refractivity contribution in [3.63, 3.8) is 0 Å². The van der Waals surface area contributed by atoms with Crippen molar-refractivity contribution in [1.82, 2.24) is 9.97 Å². The molecule has 2 N–H and O–H groups in total. The number of ether oxygens (including phenoxy) is 1. The molecule has 1 heterocycles.